The molecule has 1 aromatic carbocycles. The summed E-state index contributed by atoms with van der Waals surface area (Å²) in [6.45, 7) is 6.42. The number of carbonyl (C=O) groups is 1. The van der Waals surface area contributed by atoms with Crippen LogP contribution in [0.1, 0.15) is 11.4 Å². The molecule has 1 aromatic heterocycles. The fraction of sp³-hybridized carbons (Fsp3) is 0.389. The first kappa shape index (κ1) is 17.1. The number of piperazine rings is 1. The van der Waals surface area contributed by atoms with Gasteiger partial charge in [-0.05, 0) is 44.2 Å². The van der Waals surface area contributed by atoms with Gasteiger partial charge in [0.25, 0.3) is 5.91 Å². The van der Waals surface area contributed by atoms with Gasteiger partial charge in [-0.25, -0.2) is 14.4 Å². The standard InChI is InChI=1S/C18H21FN4O2/c1-13-11-14(2)21-18(20-13)23-9-7-22(8-10-23)17(24)12-25-16-5-3-15(19)4-6-16/h3-6,11H,7-10,12H2,1-2H3. The second-order valence-corrected chi connectivity index (χ2v) is 6.06. The Morgan fingerprint density at radius 2 is 1.68 bits per heavy atom. The Morgan fingerprint density at radius 1 is 1.08 bits per heavy atom. The average molecular weight is 344 g/mol. The van der Waals surface area contributed by atoms with Gasteiger partial charge in [-0.3, -0.25) is 4.79 Å². The van der Waals surface area contributed by atoms with Gasteiger partial charge in [0.1, 0.15) is 11.6 Å². The van der Waals surface area contributed by atoms with Crippen LogP contribution in [0.3, 0.4) is 0 Å². The molecule has 6 nitrogen and oxygen atoms in total. The predicted molar refractivity (Wildman–Crippen MR) is 92.2 cm³/mol. The molecule has 1 fully saturated rings. The number of anilines is 1. The minimum atomic E-state index is -0.330. The lowest BCUT2D eigenvalue weighted by Gasteiger charge is -2.34. The Morgan fingerprint density at radius 3 is 2.28 bits per heavy atom. The number of amides is 1. The molecule has 132 valence electrons. The smallest absolute Gasteiger partial charge is 0.260 e. The summed E-state index contributed by atoms with van der Waals surface area (Å²) >= 11 is 0. The number of rotatable bonds is 4. The number of nitrogens with zero attached hydrogens (tertiary/aromatic N) is 4. The normalized spacial score (nSPS) is 14.5. The molecule has 25 heavy (non-hydrogen) atoms. The van der Waals surface area contributed by atoms with Crippen LogP contribution in [-0.4, -0.2) is 53.6 Å². The van der Waals surface area contributed by atoms with Crippen molar-refractivity contribution in [3.8, 4) is 5.75 Å². The quantitative estimate of drug-likeness (QED) is 0.849. The molecule has 7 heteroatoms. The number of benzene rings is 1. The van der Waals surface area contributed by atoms with Crippen molar-refractivity contribution in [3.05, 3.63) is 47.5 Å². The van der Waals surface area contributed by atoms with Crippen LogP contribution >= 0.6 is 0 Å². The van der Waals surface area contributed by atoms with E-state index in [1.807, 2.05) is 19.9 Å². The summed E-state index contributed by atoms with van der Waals surface area (Å²) in [4.78, 5) is 25.1. The molecule has 0 spiro atoms. The first-order valence-electron chi connectivity index (χ1n) is 8.24. The maximum Gasteiger partial charge on any atom is 0.260 e. The molecule has 2 heterocycles. The zero-order valence-corrected chi connectivity index (χ0v) is 14.4. The van der Waals surface area contributed by atoms with Gasteiger partial charge in [-0.15, -0.1) is 0 Å². The fourth-order valence-electron chi connectivity index (χ4n) is 2.77. The molecule has 0 radical (unpaired) electrons. The lowest BCUT2D eigenvalue weighted by atomic mass is 10.3. The highest BCUT2D eigenvalue weighted by Crippen LogP contribution is 2.14. The van der Waals surface area contributed by atoms with Gasteiger partial charge in [-0.2, -0.15) is 0 Å². The van der Waals surface area contributed by atoms with Crippen LogP contribution in [0, 0.1) is 19.7 Å². The molecule has 0 aliphatic carbocycles. The van der Waals surface area contributed by atoms with Crippen molar-refractivity contribution in [2.75, 3.05) is 37.7 Å². The first-order chi connectivity index (χ1) is 12.0. The Kier molecular flexibility index (Phi) is 5.11. The molecule has 2 aromatic rings. The molecule has 0 saturated carbocycles. The summed E-state index contributed by atoms with van der Waals surface area (Å²) in [7, 11) is 0. The van der Waals surface area contributed by atoms with E-state index < -0.39 is 0 Å². The van der Waals surface area contributed by atoms with Gasteiger partial charge in [0.15, 0.2) is 6.61 Å². The summed E-state index contributed by atoms with van der Waals surface area (Å²) in [5.74, 6) is 0.790. The van der Waals surface area contributed by atoms with Gasteiger partial charge < -0.3 is 14.5 Å². The number of hydrogen-bond acceptors (Lipinski definition) is 5. The molecule has 0 bridgehead atoms. The highest BCUT2D eigenvalue weighted by molar-refractivity contribution is 5.78. The van der Waals surface area contributed by atoms with Crippen LogP contribution in [0.25, 0.3) is 0 Å². The SMILES string of the molecule is Cc1cc(C)nc(N2CCN(C(=O)COc3ccc(F)cc3)CC2)n1. The van der Waals surface area contributed by atoms with Gasteiger partial charge in [0.05, 0.1) is 0 Å². The summed E-state index contributed by atoms with van der Waals surface area (Å²) in [6, 6.07) is 7.58. The largest absolute Gasteiger partial charge is 0.484 e. The van der Waals surface area contributed by atoms with Crippen LogP contribution < -0.4 is 9.64 Å². The van der Waals surface area contributed by atoms with Gasteiger partial charge >= 0.3 is 0 Å². The Hall–Kier alpha value is -2.70. The third-order valence-electron chi connectivity index (χ3n) is 4.06. The molecule has 1 amide bonds. The van der Waals surface area contributed by atoms with Crippen molar-refractivity contribution in [1.29, 1.82) is 0 Å². The number of halogens is 1. The highest BCUT2D eigenvalue weighted by atomic mass is 19.1. The maximum absolute atomic E-state index is 12.9. The molecule has 0 atom stereocenters. The van der Waals surface area contributed by atoms with Crippen LogP contribution in [0.5, 0.6) is 5.75 Å². The number of ether oxygens (including phenoxy) is 1. The van der Waals surface area contributed by atoms with E-state index in [0.29, 0.717) is 37.9 Å². The van der Waals surface area contributed by atoms with E-state index in [-0.39, 0.29) is 18.3 Å². The maximum atomic E-state index is 12.9. The van der Waals surface area contributed by atoms with Gasteiger partial charge in [0, 0.05) is 37.6 Å². The number of aromatic nitrogens is 2. The highest BCUT2D eigenvalue weighted by Gasteiger charge is 2.23. The number of carbonyl (C=O) groups excluding carboxylic acids is 1. The lowest BCUT2D eigenvalue weighted by molar-refractivity contribution is -0.133. The lowest BCUT2D eigenvalue weighted by Crippen LogP contribution is -2.50. The molecule has 0 N–H and O–H groups in total. The van der Waals surface area contributed by atoms with Crippen molar-refractivity contribution < 1.29 is 13.9 Å². The van der Waals surface area contributed by atoms with Gasteiger partial charge in [-0.1, -0.05) is 0 Å². The monoisotopic (exact) mass is 344 g/mol. The molecule has 0 unspecified atom stereocenters. The third-order valence-corrected chi connectivity index (χ3v) is 4.06. The van der Waals surface area contributed by atoms with Crippen molar-refractivity contribution in [2.24, 2.45) is 0 Å². The predicted octanol–water partition coefficient (Wildman–Crippen LogP) is 1.96. The van der Waals surface area contributed by atoms with E-state index in [0.717, 1.165) is 11.4 Å². The van der Waals surface area contributed by atoms with Crippen molar-refractivity contribution in [3.63, 3.8) is 0 Å². The van der Waals surface area contributed by atoms with Crippen LogP contribution in [0.15, 0.2) is 30.3 Å². The van der Waals surface area contributed by atoms with E-state index in [1.165, 1.54) is 24.3 Å². The number of hydrogen-bond donors (Lipinski definition) is 0. The summed E-state index contributed by atoms with van der Waals surface area (Å²) in [5.41, 5.74) is 1.88. The molecular weight excluding hydrogens is 323 g/mol. The Labute approximate surface area is 146 Å². The van der Waals surface area contributed by atoms with Crippen LogP contribution in [0.4, 0.5) is 10.3 Å². The van der Waals surface area contributed by atoms with E-state index >= 15 is 0 Å². The third kappa shape index (κ3) is 4.43. The number of aryl methyl sites for hydroxylation is 2. The van der Waals surface area contributed by atoms with E-state index in [9.17, 15) is 9.18 Å². The van der Waals surface area contributed by atoms with Crippen LogP contribution in [0.2, 0.25) is 0 Å². The van der Waals surface area contributed by atoms with E-state index in [4.69, 9.17) is 4.74 Å². The zero-order chi connectivity index (χ0) is 17.8. The molecule has 1 aliphatic heterocycles. The van der Waals surface area contributed by atoms with Gasteiger partial charge in [0.2, 0.25) is 5.95 Å². The summed E-state index contributed by atoms with van der Waals surface area (Å²) < 4.78 is 18.3. The summed E-state index contributed by atoms with van der Waals surface area (Å²) in [5, 5.41) is 0. The fourth-order valence-corrected chi connectivity index (χ4v) is 2.77. The second-order valence-electron chi connectivity index (χ2n) is 6.06. The first-order valence-corrected chi connectivity index (χ1v) is 8.24. The van der Waals surface area contributed by atoms with E-state index in [2.05, 4.69) is 14.9 Å². The topological polar surface area (TPSA) is 58.6 Å². The zero-order valence-electron chi connectivity index (χ0n) is 14.4. The van der Waals surface area contributed by atoms with Crippen molar-refractivity contribution in [1.82, 2.24) is 14.9 Å². The minimum Gasteiger partial charge on any atom is -0.484 e. The van der Waals surface area contributed by atoms with Crippen molar-refractivity contribution in [2.45, 2.75) is 13.8 Å². The molecule has 1 aliphatic rings. The second kappa shape index (κ2) is 7.46. The van der Waals surface area contributed by atoms with Crippen LogP contribution in [-0.2, 0) is 4.79 Å². The molecular formula is C18H21FN4O2. The Bertz CT molecular complexity index is 723. The summed E-state index contributed by atoms with van der Waals surface area (Å²) in [6.07, 6.45) is 0. The van der Waals surface area contributed by atoms with E-state index in [1.54, 1.807) is 4.90 Å². The van der Waals surface area contributed by atoms with Crippen molar-refractivity contribution >= 4 is 11.9 Å². The Balaban J connectivity index is 1.51. The molecule has 3 rings (SSSR count). The average Bonchev–Trinajstić information content (AvgIpc) is 2.60. The minimum absolute atomic E-state index is 0.0499. The molecule has 1 saturated heterocycles.